The second kappa shape index (κ2) is 3.05. The minimum atomic E-state index is 0.121. The molecule has 0 aliphatic carbocycles. The number of hydrogen-bond donors (Lipinski definition) is 1. The van der Waals surface area contributed by atoms with Crippen LogP contribution in [0.4, 0.5) is 0 Å². The summed E-state index contributed by atoms with van der Waals surface area (Å²) in [4.78, 5) is 0. The third-order valence-electron chi connectivity index (χ3n) is 1.26. The summed E-state index contributed by atoms with van der Waals surface area (Å²) in [5, 5.41) is 19.7. The summed E-state index contributed by atoms with van der Waals surface area (Å²) in [6.07, 6.45) is 1.31. The van der Waals surface area contributed by atoms with Crippen molar-refractivity contribution in [1.29, 1.82) is 0 Å². The monoisotopic (exact) mass is 151 g/mol. The zero-order chi connectivity index (χ0) is 8.27. The molecule has 3 heteroatoms. The second-order valence-electron chi connectivity index (χ2n) is 2.23. The third-order valence-corrected chi connectivity index (χ3v) is 1.26. The lowest BCUT2D eigenvalue weighted by molar-refractivity contribution is -0.416. The first-order valence-electron chi connectivity index (χ1n) is 3.23. The first-order chi connectivity index (χ1) is 5.20. The Hall–Kier alpha value is -1.51. The molecule has 0 aliphatic heterocycles. The molecule has 11 heavy (non-hydrogen) atoms. The molecule has 0 amide bonds. The molecule has 3 nitrogen and oxygen atoms in total. The van der Waals surface area contributed by atoms with Crippen molar-refractivity contribution in [3.63, 3.8) is 0 Å². The molecule has 1 N–H and O–H groups in total. The molecule has 0 heterocycles. The van der Waals surface area contributed by atoms with Crippen LogP contribution in [-0.4, -0.2) is 23.1 Å². The van der Waals surface area contributed by atoms with Gasteiger partial charge in [-0.05, 0) is 12.1 Å². The number of benzene rings is 1. The maximum absolute atomic E-state index is 10.5. The van der Waals surface area contributed by atoms with Gasteiger partial charge in [0.25, 0.3) is 0 Å². The summed E-state index contributed by atoms with van der Waals surface area (Å²) < 4.78 is 0.648. The smallest absolute Gasteiger partial charge is 0.185 e. The summed E-state index contributed by atoms with van der Waals surface area (Å²) >= 11 is 0. The van der Waals surface area contributed by atoms with Gasteiger partial charge in [0, 0.05) is 0 Å². The highest BCUT2D eigenvalue weighted by Crippen LogP contribution is 2.12. The van der Waals surface area contributed by atoms with Gasteiger partial charge in [-0.2, -0.15) is 0 Å². The molecule has 0 saturated carbocycles. The van der Waals surface area contributed by atoms with Gasteiger partial charge < -0.3 is 10.3 Å². The minimum Gasteiger partial charge on any atom is -0.624 e. The van der Waals surface area contributed by atoms with Crippen molar-refractivity contribution in [2.24, 2.45) is 0 Å². The van der Waals surface area contributed by atoms with Crippen LogP contribution in [-0.2, 0) is 0 Å². The van der Waals surface area contributed by atoms with Crippen molar-refractivity contribution in [3.8, 4) is 5.75 Å². The maximum Gasteiger partial charge on any atom is 0.185 e. The van der Waals surface area contributed by atoms with Gasteiger partial charge in [-0.3, -0.25) is 0 Å². The number of rotatable bonds is 1. The molecule has 0 spiro atoms. The summed E-state index contributed by atoms with van der Waals surface area (Å²) in [5.41, 5.74) is 0.532. The molecular formula is C8H9NO2. The van der Waals surface area contributed by atoms with Gasteiger partial charge in [-0.25, -0.2) is 4.74 Å². The van der Waals surface area contributed by atoms with Crippen molar-refractivity contribution >= 4 is 6.21 Å². The number of aromatic hydroxyl groups is 1. The number of phenols is 1. The molecule has 1 aromatic carbocycles. The SMILES string of the molecule is C[N+]([O-])=Cc1ccccc1O. The van der Waals surface area contributed by atoms with E-state index in [2.05, 4.69) is 0 Å². The first-order valence-corrected chi connectivity index (χ1v) is 3.23. The third kappa shape index (κ3) is 1.97. The van der Waals surface area contributed by atoms with Crippen molar-refractivity contribution in [2.75, 3.05) is 7.05 Å². The van der Waals surface area contributed by atoms with Crippen LogP contribution in [0.3, 0.4) is 0 Å². The van der Waals surface area contributed by atoms with Gasteiger partial charge in [-0.1, -0.05) is 12.1 Å². The number of hydroxylamine groups is 1. The molecule has 0 radical (unpaired) electrons. The Balaban J connectivity index is 3.04. The molecule has 1 rings (SSSR count). The van der Waals surface area contributed by atoms with Crippen LogP contribution in [0, 0.1) is 5.21 Å². The van der Waals surface area contributed by atoms with Crippen molar-refractivity contribution in [3.05, 3.63) is 35.0 Å². The van der Waals surface area contributed by atoms with Gasteiger partial charge >= 0.3 is 0 Å². The van der Waals surface area contributed by atoms with E-state index in [0.717, 1.165) is 0 Å². The highest BCUT2D eigenvalue weighted by Gasteiger charge is 1.97. The van der Waals surface area contributed by atoms with Crippen molar-refractivity contribution in [2.45, 2.75) is 0 Å². The minimum absolute atomic E-state index is 0.121. The molecule has 0 aromatic heterocycles. The highest BCUT2D eigenvalue weighted by molar-refractivity contribution is 5.79. The lowest BCUT2D eigenvalue weighted by Crippen LogP contribution is -1.97. The fourth-order valence-corrected chi connectivity index (χ4v) is 0.793. The largest absolute Gasteiger partial charge is 0.624 e. The zero-order valence-corrected chi connectivity index (χ0v) is 6.19. The van der Waals surface area contributed by atoms with E-state index in [4.69, 9.17) is 5.11 Å². The van der Waals surface area contributed by atoms with E-state index in [1.54, 1.807) is 18.2 Å². The molecule has 0 atom stereocenters. The van der Waals surface area contributed by atoms with E-state index in [1.807, 2.05) is 0 Å². The van der Waals surface area contributed by atoms with Gasteiger partial charge in [0.1, 0.15) is 12.8 Å². The molecule has 1 aromatic rings. The average molecular weight is 151 g/mol. The van der Waals surface area contributed by atoms with E-state index in [1.165, 1.54) is 19.3 Å². The van der Waals surface area contributed by atoms with E-state index < -0.39 is 0 Å². The van der Waals surface area contributed by atoms with Crippen LogP contribution in [0.15, 0.2) is 24.3 Å². The topological polar surface area (TPSA) is 46.3 Å². The quantitative estimate of drug-likeness (QED) is 0.281. The fourth-order valence-electron chi connectivity index (χ4n) is 0.793. The van der Waals surface area contributed by atoms with Crippen LogP contribution in [0.2, 0.25) is 0 Å². The Morgan fingerprint density at radius 3 is 2.64 bits per heavy atom. The Morgan fingerprint density at radius 1 is 1.45 bits per heavy atom. The van der Waals surface area contributed by atoms with E-state index >= 15 is 0 Å². The second-order valence-corrected chi connectivity index (χ2v) is 2.23. The Morgan fingerprint density at radius 2 is 2.09 bits per heavy atom. The summed E-state index contributed by atoms with van der Waals surface area (Å²) in [6, 6.07) is 6.67. The highest BCUT2D eigenvalue weighted by atomic mass is 16.5. The van der Waals surface area contributed by atoms with E-state index in [0.29, 0.717) is 10.3 Å². The number of nitrogens with zero attached hydrogens (tertiary/aromatic N) is 1. The predicted octanol–water partition coefficient (Wildman–Crippen LogP) is 0.951. The molecule has 0 aliphatic rings. The molecule has 58 valence electrons. The number of phenolic OH excluding ortho intramolecular Hbond substituents is 1. The number of para-hydroxylation sites is 1. The standard InChI is InChI=1S/C8H9NO2/c1-9(11)6-7-4-2-3-5-8(7)10/h2-6,10H,1H3. The normalized spacial score (nSPS) is 11.5. The van der Waals surface area contributed by atoms with Crippen LogP contribution < -0.4 is 0 Å². The number of hydrogen-bond acceptors (Lipinski definition) is 2. The fraction of sp³-hybridized carbons (Fsp3) is 0.125. The van der Waals surface area contributed by atoms with Gasteiger partial charge in [0.15, 0.2) is 6.21 Å². The molecule has 0 fully saturated rings. The lowest BCUT2D eigenvalue weighted by Gasteiger charge is -1.97. The summed E-state index contributed by atoms with van der Waals surface area (Å²) in [7, 11) is 1.37. The van der Waals surface area contributed by atoms with Gasteiger partial charge in [0.2, 0.25) is 0 Å². The summed E-state index contributed by atoms with van der Waals surface area (Å²) in [5.74, 6) is 0.121. The predicted molar refractivity (Wildman–Crippen MR) is 42.8 cm³/mol. The van der Waals surface area contributed by atoms with Crippen molar-refractivity contribution < 1.29 is 9.85 Å². The Kier molecular flexibility index (Phi) is 2.11. The van der Waals surface area contributed by atoms with Crippen molar-refractivity contribution in [1.82, 2.24) is 0 Å². The molecule has 0 bridgehead atoms. The van der Waals surface area contributed by atoms with E-state index in [9.17, 15) is 5.21 Å². The Bertz CT molecular complexity index is 277. The van der Waals surface area contributed by atoms with Crippen LogP contribution in [0.1, 0.15) is 5.56 Å². The van der Waals surface area contributed by atoms with Gasteiger partial charge in [0.05, 0.1) is 5.56 Å². The van der Waals surface area contributed by atoms with Crippen LogP contribution in [0.5, 0.6) is 5.75 Å². The maximum atomic E-state index is 10.5. The lowest BCUT2D eigenvalue weighted by atomic mass is 10.2. The molecule has 0 unspecified atom stereocenters. The zero-order valence-electron chi connectivity index (χ0n) is 6.19. The van der Waals surface area contributed by atoms with E-state index in [-0.39, 0.29) is 5.75 Å². The van der Waals surface area contributed by atoms with Gasteiger partial charge in [-0.15, -0.1) is 0 Å². The van der Waals surface area contributed by atoms with Crippen LogP contribution in [0.25, 0.3) is 0 Å². The summed E-state index contributed by atoms with van der Waals surface area (Å²) in [6.45, 7) is 0. The first kappa shape index (κ1) is 7.60. The molecular weight excluding hydrogens is 142 g/mol. The average Bonchev–Trinajstić information content (AvgIpc) is 1.93. The molecule has 0 saturated heterocycles. The van der Waals surface area contributed by atoms with Crippen LogP contribution >= 0.6 is 0 Å². The Labute approximate surface area is 64.8 Å².